The molecule has 1 saturated heterocycles. The second-order valence-corrected chi connectivity index (χ2v) is 5.44. The van der Waals surface area contributed by atoms with Crippen LogP contribution in [0.15, 0.2) is 42.6 Å². The van der Waals surface area contributed by atoms with E-state index in [4.69, 9.17) is 0 Å². The summed E-state index contributed by atoms with van der Waals surface area (Å²) in [4.78, 5) is 18.3. The largest absolute Gasteiger partial charge is 0.354 e. The van der Waals surface area contributed by atoms with Gasteiger partial charge in [0.15, 0.2) is 17.4 Å². The van der Waals surface area contributed by atoms with E-state index in [9.17, 15) is 13.6 Å². The molecule has 0 radical (unpaired) electrons. The average molecular weight is 302 g/mol. The van der Waals surface area contributed by atoms with Gasteiger partial charge in [-0.1, -0.05) is 0 Å². The van der Waals surface area contributed by atoms with Gasteiger partial charge in [-0.3, -0.25) is 4.79 Å². The summed E-state index contributed by atoms with van der Waals surface area (Å²) >= 11 is 0. The van der Waals surface area contributed by atoms with Gasteiger partial charge in [-0.15, -0.1) is 0 Å². The van der Waals surface area contributed by atoms with Crippen LogP contribution in [-0.4, -0.2) is 23.9 Å². The molecule has 0 bridgehead atoms. The highest BCUT2D eigenvalue weighted by atomic mass is 19.1. The lowest BCUT2D eigenvalue weighted by Crippen LogP contribution is -2.37. The number of halogens is 2. The lowest BCUT2D eigenvalue weighted by Gasteiger charge is -2.32. The smallest absolute Gasteiger partial charge is 0.166 e. The molecule has 0 saturated carbocycles. The van der Waals surface area contributed by atoms with Crippen LogP contribution < -0.4 is 4.90 Å². The Morgan fingerprint density at radius 1 is 1.09 bits per heavy atom. The van der Waals surface area contributed by atoms with Crippen LogP contribution in [0.25, 0.3) is 0 Å². The zero-order valence-electron chi connectivity index (χ0n) is 12.0. The molecule has 0 amide bonds. The molecular formula is C17H16F2N2O. The quantitative estimate of drug-likeness (QED) is 0.814. The van der Waals surface area contributed by atoms with E-state index < -0.39 is 0 Å². The van der Waals surface area contributed by atoms with Crippen molar-refractivity contribution in [1.29, 1.82) is 0 Å². The van der Waals surface area contributed by atoms with Gasteiger partial charge in [0.2, 0.25) is 0 Å². The van der Waals surface area contributed by atoms with E-state index in [1.165, 1.54) is 30.3 Å². The monoisotopic (exact) mass is 302 g/mol. The normalized spacial score (nSPS) is 15.8. The lowest BCUT2D eigenvalue weighted by atomic mass is 9.89. The Morgan fingerprint density at radius 2 is 1.77 bits per heavy atom. The Bertz CT molecular complexity index is 665. The summed E-state index contributed by atoms with van der Waals surface area (Å²) in [6.45, 7) is 1.18. The van der Waals surface area contributed by atoms with Crippen molar-refractivity contribution >= 4 is 11.6 Å². The molecule has 0 aliphatic carbocycles. The first-order valence-corrected chi connectivity index (χ1v) is 7.30. The predicted molar refractivity (Wildman–Crippen MR) is 79.9 cm³/mol. The summed E-state index contributed by atoms with van der Waals surface area (Å²) < 4.78 is 26.6. The molecule has 1 fully saturated rings. The van der Waals surface area contributed by atoms with Crippen molar-refractivity contribution in [3.8, 4) is 0 Å². The minimum atomic E-state index is -0.350. The van der Waals surface area contributed by atoms with Gasteiger partial charge in [-0.25, -0.2) is 13.8 Å². The van der Waals surface area contributed by atoms with Crippen molar-refractivity contribution in [1.82, 2.24) is 4.98 Å². The Kier molecular flexibility index (Phi) is 4.13. The molecule has 1 aliphatic rings. The molecule has 0 atom stereocenters. The molecule has 5 heteroatoms. The van der Waals surface area contributed by atoms with Gasteiger partial charge in [0.25, 0.3) is 0 Å². The summed E-state index contributed by atoms with van der Waals surface area (Å²) in [5, 5.41) is 0. The number of pyridine rings is 1. The van der Waals surface area contributed by atoms with Gasteiger partial charge in [-0.2, -0.15) is 0 Å². The van der Waals surface area contributed by atoms with Crippen LogP contribution in [0.4, 0.5) is 14.6 Å². The molecule has 2 heterocycles. The summed E-state index contributed by atoms with van der Waals surface area (Å²) in [6.07, 6.45) is 2.85. The maximum absolute atomic E-state index is 13.7. The third-order valence-corrected chi connectivity index (χ3v) is 4.03. The van der Waals surface area contributed by atoms with E-state index in [1.807, 2.05) is 4.90 Å². The van der Waals surface area contributed by atoms with Gasteiger partial charge < -0.3 is 4.90 Å². The first-order chi connectivity index (χ1) is 10.6. The number of hydrogen-bond acceptors (Lipinski definition) is 3. The van der Waals surface area contributed by atoms with Crippen molar-refractivity contribution in [3.05, 3.63) is 59.8 Å². The fraction of sp³-hybridized carbons (Fsp3) is 0.294. The molecule has 1 aromatic carbocycles. The molecule has 3 nitrogen and oxygen atoms in total. The number of hydrogen-bond donors (Lipinski definition) is 0. The first-order valence-electron chi connectivity index (χ1n) is 7.30. The number of ketones is 1. The molecule has 2 aromatic rings. The summed E-state index contributed by atoms with van der Waals surface area (Å²) in [5.74, 6) is -0.424. The summed E-state index contributed by atoms with van der Waals surface area (Å²) in [7, 11) is 0. The van der Waals surface area contributed by atoms with E-state index in [1.54, 1.807) is 12.3 Å². The van der Waals surface area contributed by atoms with Crippen molar-refractivity contribution in [2.24, 2.45) is 5.92 Å². The number of rotatable bonds is 3. The molecule has 114 valence electrons. The third kappa shape index (κ3) is 2.98. The minimum Gasteiger partial charge on any atom is -0.354 e. The molecular weight excluding hydrogens is 286 g/mol. The van der Waals surface area contributed by atoms with Crippen LogP contribution in [0.5, 0.6) is 0 Å². The van der Waals surface area contributed by atoms with Crippen LogP contribution in [-0.2, 0) is 0 Å². The molecule has 0 N–H and O–H groups in total. The maximum Gasteiger partial charge on any atom is 0.166 e. The molecule has 0 unspecified atom stereocenters. The Hall–Kier alpha value is -2.30. The van der Waals surface area contributed by atoms with Crippen molar-refractivity contribution in [3.63, 3.8) is 0 Å². The van der Waals surface area contributed by atoms with Crippen LogP contribution >= 0.6 is 0 Å². The third-order valence-electron chi connectivity index (χ3n) is 4.03. The molecule has 0 spiro atoms. The standard InChI is InChI=1S/C17H16F2N2O/c18-14-5-3-12(4-6-14)16(22)13-7-10-21(11-8-13)17-15(19)2-1-9-20-17/h1-6,9,13H,7-8,10-11H2. The first kappa shape index (κ1) is 14.6. The highest BCUT2D eigenvalue weighted by molar-refractivity contribution is 5.97. The number of aromatic nitrogens is 1. The fourth-order valence-electron chi connectivity index (χ4n) is 2.81. The Labute approximate surface area is 127 Å². The zero-order valence-corrected chi connectivity index (χ0v) is 12.0. The van der Waals surface area contributed by atoms with Crippen LogP contribution in [0.1, 0.15) is 23.2 Å². The number of Topliss-reactive ketones (excluding diaryl/α,β-unsaturated/α-hetero) is 1. The van der Waals surface area contributed by atoms with Gasteiger partial charge in [-0.05, 0) is 49.2 Å². The van der Waals surface area contributed by atoms with Gasteiger partial charge in [0.05, 0.1) is 0 Å². The van der Waals surface area contributed by atoms with E-state index in [0.29, 0.717) is 37.3 Å². The lowest BCUT2D eigenvalue weighted by molar-refractivity contribution is 0.0900. The minimum absolute atomic E-state index is 0.0288. The molecule has 1 aromatic heterocycles. The Balaban J connectivity index is 1.65. The van der Waals surface area contributed by atoms with Crippen molar-refractivity contribution in [2.45, 2.75) is 12.8 Å². The second kappa shape index (κ2) is 6.22. The number of nitrogens with zero attached hydrogens (tertiary/aromatic N) is 2. The van der Waals surface area contributed by atoms with Gasteiger partial charge in [0.1, 0.15) is 5.82 Å². The number of benzene rings is 1. The maximum atomic E-state index is 13.7. The average Bonchev–Trinajstić information content (AvgIpc) is 2.56. The molecule has 1 aliphatic heterocycles. The van der Waals surface area contributed by atoms with Gasteiger partial charge >= 0.3 is 0 Å². The SMILES string of the molecule is O=C(c1ccc(F)cc1)C1CCN(c2ncccc2F)CC1. The van der Waals surface area contributed by atoms with Crippen molar-refractivity contribution < 1.29 is 13.6 Å². The second-order valence-electron chi connectivity index (χ2n) is 5.44. The molecule has 3 rings (SSSR count). The van der Waals surface area contributed by atoms with Gasteiger partial charge in [0, 0.05) is 30.8 Å². The highest BCUT2D eigenvalue weighted by Crippen LogP contribution is 2.26. The number of piperidine rings is 1. The topological polar surface area (TPSA) is 33.2 Å². The zero-order chi connectivity index (χ0) is 15.5. The number of carbonyl (C=O) groups excluding carboxylic acids is 1. The molecule has 22 heavy (non-hydrogen) atoms. The highest BCUT2D eigenvalue weighted by Gasteiger charge is 2.27. The van der Waals surface area contributed by atoms with Crippen LogP contribution in [0.2, 0.25) is 0 Å². The predicted octanol–water partition coefficient (Wildman–Crippen LogP) is 3.46. The number of anilines is 1. The number of carbonyl (C=O) groups is 1. The van der Waals surface area contributed by atoms with E-state index in [2.05, 4.69) is 4.98 Å². The van der Waals surface area contributed by atoms with E-state index in [0.717, 1.165) is 0 Å². The fourth-order valence-corrected chi connectivity index (χ4v) is 2.81. The summed E-state index contributed by atoms with van der Waals surface area (Å²) in [5.41, 5.74) is 0.531. The van der Waals surface area contributed by atoms with E-state index >= 15 is 0 Å². The van der Waals surface area contributed by atoms with Crippen molar-refractivity contribution in [2.75, 3.05) is 18.0 Å². The van der Waals surface area contributed by atoms with Crippen LogP contribution in [0.3, 0.4) is 0 Å². The van der Waals surface area contributed by atoms with Crippen LogP contribution in [0, 0.1) is 17.6 Å². The summed E-state index contributed by atoms with van der Waals surface area (Å²) in [6, 6.07) is 8.57. The van der Waals surface area contributed by atoms with E-state index in [-0.39, 0.29) is 23.3 Å². The Morgan fingerprint density at radius 3 is 2.41 bits per heavy atom.